The number of carbonyl (C=O) groups is 1. The number of rotatable bonds is 5. The molecule has 1 aliphatic rings. The summed E-state index contributed by atoms with van der Waals surface area (Å²) in [6.07, 6.45) is 2.44. The van der Waals surface area contributed by atoms with Crippen LogP contribution in [0.25, 0.3) is 10.2 Å². The van der Waals surface area contributed by atoms with E-state index in [0.29, 0.717) is 17.3 Å². The maximum Gasteiger partial charge on any atom is 0.234 e. The first-order valence-corrected chi connectivity index (χ1v) is 11.1. The van der Waals surface area contributed by atoms with Crippen LogP contribution in [0.5, 0.6) is 0 Å². The number of benzene rings is 1. The second-order valence-corrected chi connectivity index (χ2v) is 9.68. The molecule has 1 aromatic carbocycles. The molecule has 7 heteroatoms. The summed E-state index contributed by atoms with van der Waals surface area (Å²) in [4.78, 5) is 20.7. The molecule has 4 nitrogen and oxygen atoms in total. The SMILES string of the molecule is Cc1ccc2sc(N(CC3CCCO3)C(=O)Cc3ccc(Cl)s3)nc2c1C. The average Bonchev–Trinajstić information content (AvgIpc) is 3.37. The van der Waals surface area contributed by atoms with Gasteiger partial charge >= 0.3 is 0 Å². The van der Waals surface area contributed by atoms with Gasteiger partial charge in [0.15, 0.2) is 5.13 Å². The molecule has 1 amide bonds. The number of fused-ring (bicyclic) bond motifs is 1. The first kappa shape index (κ1) is 18.9. The molecule has 1 aliphatic heterocycles. The minimum atomic E-state index is 0.0393. The van der Waals surface area contributed by atoms with Gasteiger partial charge in [0.05, 0.1) is 33.6 Å². The molecule has 1 fully saturated rings. The van der Waals surface area contributed by atoms with E-state index in [0.717, 1.165) is 39.7 Å². The van der Waals surface area contributed by atoms with Gasteiger partial charge in [-0.2, -0.15) is 0 Å². The maximum absolute atomic E-state index is 13.1. The molecular weight excluding hydrogens is 400 g/mol. The largest absolute Gasteiger partial charge is 0.376 e. The van der Waals surface area contributed by atoms with Crippen LogP contribution in [-0.2, 0) is 16.0 Å². The Bertz CT molecular complexity index is 976. The molecule has 1 atom stereocenters. The fourth-order valence-corrected chi connectivity index (χ4v) is 5.43. The predicted octanol–water partition coefficient (Wildman–Crippen LogP) is 5.38. The van der Waals surface area contributed by atoms with E-state index in [-0.39, 0.29) is 12.0 Å². The zero-order valence-electron chi connectivity index (χ0n) is 15.3. The Labute approximate surface area is 171 Å². The third-order valence-electron chi connectivity index (χ3n) is 4.97. The number of carbonyl (C=O) groups excluding carboxylic acids is 1. The summed E-state index contributed by atoms with van der Waals surface area (Å²) in [5, 5.41) is 0.752. The number of aryl methyl sites for hydroxylation is 2. The summed E-state index contributed by atoms with van der Waals surface area (Å²) in [5.74, 6) is 0.0393. The predicted molar refractivity (Wildman–Crippen MR) is 113 cm³/mol. The lowest BCUT2D eigenvalue weighted by atomic mass is 10.1. The second kappa shape index (κ2) is 7.87. The Hall–Kier alpha value is -1.47. The molecular formula is C20H21ClN2O2S2. The molecule has 0 radical (unpaired) electrons. The topological polar surface area (TPSA) is 42.4 Å². The van der Waals surface area contributed by atoms with E-state index in [9.17, 15) is 4.79 Å². The number of nitrogens with zero attached hydrogens (tertiary/aromatic N) is 2. The van der Waals surface area contributed by atoms with Crippen LogP contribution >= 0.6 is 34.3 Å². The highest BCUT2D eigenvalue weighted by atomic mass is 35.5. The molecule has 2 aromatic heterocycles. The summed E-state index contributed by atoms with van der Waals surface area (Å²) in [5.41, 5.74) is 3.37. The lowest BCUT2D eigenvalue weighted by Crippen LogP contribution is -2.38. The van der Waals surface area contributed by atoms with Crippen molar-refractivity contribution < 1.29 is 9.53 Å². The first-order valence-electron chi connectivity index (χ1n) is 9.04. The number of hydrogen-bond acceptors (Lipinski definition) is 5. The molecule has 142 valence electrons. The molecule has 1 unspecified atom stereocenters. The van der Waals surface area contributed by atoms with Crippen LogP contribution < -0.4 is 4.90 Å². The van der Waals surface area contributed by atoms with Crippen LogP contribution in [0.4, 0.5) is 5.13 Å². The van der Waals surface area contributed by atoms with E-state index >= 15 is 0 Å². The number of hydrogen-bond donors (Lipinski definition) is 0. The molecule has 0 bridgehead atoms. The molecule has 0 aliphatic carbocycles. The summed E-state index contributed by atoms with van der Waals surface area (Å²) < 4.78 is 7.60. The summed E-state index contributed by atoms with van der Waals surface area (Å²) in [7, 11) is 0. The molecule has 0 saturated carbocycles. The van der Waals surface area contributed by atoms with Gasteiger partial charge in [-0.3, -0.25) is 9.69 Å². The minimum absolute atomic E-state index is 0.0393. The van der Waals surface area contributed by atoms with Crippen molar-refractivity contribution >= 4 is 55.5 Å². The Kier molecular flexibility index (Phi) is 5.50. The minimum Gasteiger partial charge on any atom is -0.376 e. The van der Waals surface area contributed by atoms with Gasteiger partial charge in [-0.15, -0.1) is 11.3 Å². The second-order valence-electron chi connectivity index (χ2n) is 6.87. The fourth-order valence-electron chi connectivity index (χ4n) is 3.30. The van der Waals surface area contributed by atoms with Crippen molar-refractivity contribution in [2.45, 2.75) is 39.2 Å². The number of halogens is 1. The Morgan fingerprint density at radius 3 is 2.85 bits per heavy atom. The molecule has 3 aromatic rings. The lowest BCUT2D eigenvalue weighted by molar-refractivity contribution is -0.118. The van der Waals surface area contributed by atoms with Crippen LogP contribution in [0.2, 0.25) is 4.34 Å². The quantitative estimate of drug-likeness (QED) is 0.556. The van der Waals surface area contributed by atoms with E-state index in [4.69, 9.17) is 21.3 Å². The number of thiophene rings is 1. The number of amides is 1. The van der Waals surface area contributed by atoms with E-state index in [1.165, 1.54) is 22.5 Å². The zero-order valence-corrected chi connectivity index (χ0v) is 17.7. The van der Waals surface area contributed by atoms with E-state index < -0.39 is 0 Å². The Morgan fingerprint density at radius 2 is 2.15 bits per heavy atom. The van der Waals surface area contributed by atoms with Crippen LogP contribution in [0.3, 0.4) is 0 Å². The van der Waals surface area contributed by atoms with Gasteiger partial charge in [-0.25, -0.2) is 4.98 Å². The number of thiazole rings is 1. The van der Waals surface area contributed by atoms with Gasteiger partial charge in [0.25, 0.3) is 0 Å². The van der Waals surface area contributed by atoms with Gasteiger partial charge in [-0.05, 0) is 56.0 Å². The molecule has 0 N–H and O–H groups in total. The highest BCUT2D eigenvalue weighted by Gasteiger charge is 2.26. The fraction of sp³-hybridized carbons (Fsp3) is 0.400. The van der Waals surface area contributed by atoms with Crippen LogP contribution in [0.1, 0.15) is 28.8 Å². The smallest absolute Gasteiger partial charge is 0.234 e. The standard InChI is InChI=1S/C20H21ClN2O2S2/c1-12-5-7-16-19(13(12)2)22-20(27-16)23(11-14-4-3-9-25-14)18(24)10-15-6-8-17(21)26-15/h5-8,14H,3-4,9-11H2,1-2H3. The van der Waals surface area contributed by atoms with Crippen molar-refractivity contribution in [3.8, 4) is 0 Å². The summed E-state index contributed by atoms with van der Waals surface area (Å²) in [6, 6.07) is 7.95. The highest BCUT2D eigenvalue weighted by Crippen LogP contribution is 2.33. The highest BCUT2D eigenvalue weighted by molar-refractivity contribution is 7.22. The molecule has 4 rings (SSSR count). The third-order valence-corrected chi connectivity index (χ3v) is 7.24. The molecule has 0 spiro atoms. The van der Waals surface area contributed by atoms with Gasteiger partial charge in [-0.1, -0.05) is 29.0 Å². The van der Waals surface area contributed by atoms with Gasteiger partial charge in [0.1, 0.15) is 0 Å². The van der Waals surface area contributed by atoms with Crippen molar-refractivity contribution in [1.82, 2.24) is 4.98 Å². The first-order chi connectivity index (χ1) is 13.0. The molecule has 3 heterocycles. The van der Waals surface area contributed by atoms with Gasteiger partial charge in [0, 0.05) is 11.5 Å². The summed E-state index contributed by atoms with van der Waals surface area (Å²) >= 11 is 9.05. The Balaban J connectivity index is 1.66. The van der Waals surface area contributed by atoms with Crippen molar-refractivity contribution in [3.05, 3.63) is 44.6 Å². The van der Waals surface area contributed by atoms with E-state index in [1.54, 1.807) is 11.3 Å². The van der Waals surface area contributed by atoms with E-state index in [2.05, 4.69) is 26.0 Å². The average molecular weight is 421 g/mol. The monoisotopic (exact) mass is 420 g/mol. The van der Waals surface area contributed by atoms with Crippen molar-refractivity contribution in [2.75, 3.05) is 18.1 Å². The van der Waals surface area contributed by atoms with Crippen molar-refractivity contribution in [1.29, 1.82) is 0 Å². The zero-order chi connectivity index (χ0) is 19.0. The van der Waals surface area contributed by atoms with Gasteiger partial charge in [0.2, 0.25) is 5.91 Å². The van der Waals surface area contributed by atoms with Crippen molar-refractivity contribution in [2.24, 2.45) is 0 Å². The van der Waals surface area contributed by atoms with Crippen LogP contribution in [-0.4, -0.2) is 30.1 Å². The number of anilines is 1. The normalized spacial score (nSPS) is 16.9. The lowest BCUT2D eigenvalue weighted by Gasteiger charge is -2.22. The molecule has 1 saturated heterocycles. The van der Waals surface area contributed by atoms with Crippen LogP contribution in [0.15, 0.2) is 24.3 Å². The van der Waals surface area contributed by atoms with E-state index in [1.807, 2.05) is 17.0 Å². The Morgan fingerprint density at radius 1 is 1.30 bits per heavy atom. The van der Waals surface area contributed by atoms with Crippen molar-refractivity contribution in [3.63, 3.8) is 0 Å². The van der Waals surface area contributed by atoms with Crippen LogP contribution in [0, 0.1) is 13.8 Å². The van der Waals surface area contributed by atoms with Gasteiger partial charge < -0.3 is 4.74 Å². The maximum atomic E-state index is 13.1. The summed E-state index contributed by atoms with van der Waals surface area (Å²) in [6.45, 7) is 5.49. The number of ether oxygens (including phenoxy) is 1. The third kappa shape index (κ3) is 4.04. The molecule has 27 heavy (non-hydrogen) atoms. The number of aromatic nitrogens is 1.